The van der Waals surface area contributed by atoms with E-state index in [0.29, 0.717) is 0 Å². The Balaban J connectivity index is 2.27. The summed E-state index contributed by atoms with van der Waals surface area (Å²) in [7, 11) is 4.34. The standard InChI is InChI=1S/C20H36N2/c1-19(2)11-8-9-15-22(18-17-21(3)4)16-10-14-20-12-6-5-7-13-20/h5-7,12-13,19H,8-11,14-18H2,1-4H3. The number of hydrogen-bond donors (Lipinski definition) is 0. The molecule has 1 aromatic carbocycles. The third kappa shape index (κ3) is 9.97. The lowest BCUT2D eigenvalue weighted by Gasteiger charge is -2.24. The van der Waals surface area contributed by atoms with E-state index in [4.69, 9.17) is 0 Å². The number of aryl methyl sites for hydroxylation is 1. The minimum absolute atomic E-state index is 0.841. The molecule has 0 atom stereocenters. The quantitative estimate of drug-likeness (QED) is 0.531. The number of nitrogens with zero attached hydrogens (tertiary/aromatic N) is 2. The van der Waals surface area contributed by atoms with Crippen LogP contribution in [0.5, 0.6) is 0 Å². The lowest BCUT2D eigenvalue weighted by atomic mass is 10.1. The van der Waals surface area contributed by atoms with Gasteiger partial charge in [0.2, 0.25) is 0 Å². The molecule has 0 saturated carbocycles. The Morgan fingerprint density at radius 1 is 0.818 bits per heavy atom. The van der Waals surface area contributed by atoms with Gasteiger partial charge in [0.05, 0.1) is 0 Å². The van der Waals surface area contributed by atoms with E-state index in [1.54, 1.807) is 0 Å². The molecule has 22 heavy (non-hydrogen) atoms. The summed E-state index contributed by atoms with van der Waals surface area (Å²) in [5, 5.41) is 0. The maximum Gasteiger partial charge on any atom is 0.0109 e. The molecule has 0 spiro atoms. The van der Waals surface area contributed by atoms with Gasteiger partial charge in [0.15, 0.2) is 0 Å². The second kappa shape index (κ2) is 11.7. The molecule has 2 heteroatoms. The molecular formula is C20H36N2. The number of rotatable bonds is 12. The van der Waals surface area contributed by atoms with Gasteiger partial charge < -0.3 is 9.80 Å². The Hall–Kier alpha value is -0.860. The summed E-state index contributed by atoms with van der Waals surface area (Å²) in [6.07, 6.45) is 6.55. The molecule has 0 saturated heterocycles. The van der Waals surface area contributed by atoms with E-state index in [0.717, 1.165) is 12.5 Å². The van der Waals surface area contributed by atoms with E-state index in [-0.39, 0.29) is 0 Å². The van der Waals surface area contributed by atoms with Crippen molar-refractivity contribution in [3.8, 4) is 0 Å². The van der Waals surface area contributed by atoms with Crippen molar-refractivity contribution in [3.63, 3.8) is 0 Å². The van der Waals surface area contributed by atoms with E-state index < -0.39 is 0 Å². The van der Waals surface area contributed by atoms with Gasteiger partial charge >= 0.3 is 0 Å². The molecule has 0 aliphatic rings. The molecule has 126 valence electrons. The van der Waals surface area contributed by atoms with Crippen molar-refractivity contribution < 1.29 is 0 Å². The van der Waals surface area contributed by atoms with Crippen LogP contribution in [-0.4, -0.2) is 50.1 Å². The molecule has 0 heterocycles. The fourth-order valence-electron chi connectivity index (χ4n) is 2.72. The van der Waals surface area contributed by atoms with Gasteiger partial charge in [-0.1, -0.05) is 57.0 Å². The van der Waals surface area contributed by atoms with Gasteiger partial charge in [-0.05, 0) is 57.9 Å². The maximum absolute atomic E-state index is 2.66. The number of likely N-dealkylation sites (N-methyl/N-ethyl adjacent to an activating group) is 1. The van der Waals surface area contributed by atoms with Crippen LogP contribution < -0.4 is 0 Å². The summed E-state index contributed by atoms with van der Waals surface area (Å²) in [4.78, 5) is 4.95. The molecule has 0 aliphatic carbocycles. The van der Waals surface area contributed by atoms with Gasteiger partial charge in [-0.15, -0.1) is 0 Å². The highest BCUT2D eigenvalue weighted by atomic mass is 15.2. The molecule has 0 unspecified atom stereocenters. The zero-order chi connectivity index (χ0) is 16.2. The molecule has 0 amide bonds. The first-order chi connectivity index (χ1) is 10.6. The highest BCUT2D eigenvalue weighted by molar-refractivity contribution is 5.14. The van der Waals surface area contributed by atoms with E-state index in [1.165, 1.54) is 57.3 Å². The maximum atomic E-state index is 2.66. The fraction of sp³-hybridized carbons (Fsp3) is 0.700. The van der Waals surface area contributed by atoms with Gasteiger partial charge in [0.25, 0.3) is 0 Å². The SMILES string of the molecule is CC(C)CCCCN(CCCc1ccccc1)CCN(C)C. The smallest absolute Gasteiger partial charge is 0.0109 e. The Kier molecular flexibility index (Phi) is 10.2. The fourth-order valence-corrected chi connectivity index (χ4v) is 2.72. The zero-order valence-corrected chi connectivity index (χ0v) is 15.2. The van der Waals surface area contributed by atoms with Crippen molar-refractivity contribution in [2.45, 2.75) is 46.0 Å². The van der Waals surface area contributed by atoms with Crippen molar-refractivity contribution >= 4 is 0 Å². The predicted octanol–water partition coefficient (Wildman–Crippen LogP) is 4.31. The van der Waals surface area contributed by atoms with E-state index in [2.05, 4.69) is 68.1 Å². The second-order valence-electron chi connectivity index (χ2n) is 7.12. The predicted molar refractivity (Wildman–Crippen MR) is 98.4 cm³/mol. The number of hydrogen-bond acceptors (Lipinski definition) is 2. The lowest BCUT2D eigenvalue weighted by molar-refractivity contribution is 0.233. The third-order valence-electron chi connectivity index (χ3n) is 4.15. The summed E-state index contributed by atoms with van der Waals surface area (Å²) in [5.41, 5.74) is 1.47. The Labute approximate surface area is 138 Å². The third-order valence-corrected chi connectivity index (χ3v) is 4.15. The monoisotopic (exact) mass is 304 g/mol. The largest absolute Gasteiger partial charge is 0.308 e. The highest BCUT2D eigenvalue weighted by Crippen LogP contribution is 2.08. The van der Waals surface area contributed by atoms with E-state index in [9.17, 15) is 0 Å². The summed E-state index contributed by atoms with van der Waals surface area (Å²) in [6, 6.07) is 10.9. The summed E-state index contributed by atoms with van der Waals surface area (Å²) >= 11 is 0. The Bertz CT molecular complexity index is 359. The molecule has 0 N–H and O–H groups in total. The molecular weight excluding hydrogens is 268 g/mol. The van der Waals surface area contributed by atoms with Crippen LogP contribution in [0.1, 0.15) is 45.1 Å². The first-order valence-electron chi connectivity index (χ1n) is 8.99. The van der Waals surface area contributed by atoms with Gasteiger partial charge in [-0.2, -0.15) is 0 Å². The van der Waals surface area contributed by atoms with Crippen molar-refractivity contribution in [3.05, 3.63) is 35.9 Å². The normalized spacial score (nSPS) is 11.8. The van der Waals surface area contributed by atoms with Crippen LogP contribution in [0, 0.1) is 5.92 Å². The number of benzene rings is 1. The van der Waals surface area contributed by atoms with Crippen molar-refractivity contribution in [1.29, 1.82) is 0 Å². The van der Waals surface area contributed by atoms with Crippen LogP contribution in [0.15, 0.2) is 30.3 Å². The first-order valence-corrected chi connectivity index (χ1v) is 8.99. The molecule has 0 aliphatic heterocycles. The van der Waals surface area contributed by atoms with Crippen LogP contribution in [0.4, 0.5) is 0 Å². The second-order valence-corrected chi connectivity index (χ2v) is 7.12. The van der Waals surface area contributed by atoms with Crippen LogP contribution in [-0.2, 0) is 6.42 Å². The average molecular weight is 305 g/mol. The van der Waals surface area contributed by atoms with Crippen LogP contribution in [0.2, 0.25) is 0 Å². The van der Waals surface area contributed by atoms with E-state index in [1.807, 2.05) is 0 Å². The van der Waals surface area contributed by atoms with Crippen molar-refractivity contribution in [2.75, 3.05) is 40.3 Å². The molecule has 1 rings (SSSR count). The van der Waals surface area contributed by atoms with Gasteiger partial charge in [-0.25, -0.2) is 0 Å². The molecule has 0 radical (unpaired) electrons. The van der Waals surface area contributed by atoms with Crippen LogP contribution in [0.25, 0.3) is 0 Å². The van der Waals surface area contributed by atoms with Gasteiger partial charge in [-0.3, -0.25) is 0 Å². The lowest BCUT2D eigenvalue weighted by Crippen LogP contribution is -2.33. The Morgan fingerprint density at radius 3 is 2.14 bits per heavy atom. The molecule has 0 fully saturated rings. The van der Waals surface area contributed by atoms with Crippen molar-refractivity contribution in [1.82, 2.24) is 9.80 Å². The topological polar surface area (TPSA) is 6.48 Å². The van der Waals surface area contributed by atoms with Crippen LogP contribution in [0.3, 0.4) is 0 Å². The Morgan fingerprint density at radius 2 is 1.50 bits per heavy atom. The highest BCUT2D eigenvalue weighted by Gasteiger charge is 2.06. The van der Waals surface area contributed by atoms with Crippen molar-refractivity contribution in [2.24, 2.45) is 5.92 Å². The summed E-state index contributed by atoms with van der Waals surface area (Å²) < 4.78 is 0. The van der Waals surface area contributed by atoms with Gasteiger partial charge in [0.1, 0.15) is 0 Å². The van der Waals surface area contributed by atoms with Crippen LogP contribution >= 0.6 is 0 Å². The zero-order valence-electron chi connectivity index (χ0n) is 15.2. The number of unbranched alkanes of at least 4 members (excludes halogenated alkanes) is 1. The van der Waals surface area contributed by atoms with Gasteiger partial charge in [0, 0.05) is 13.1 Å². The summed E-state index contributed by atoms with van der Waals surface area (Å²) in [5.74, 6) is 0.841. The minimum atomic E-state index is 0.841. The first kappa shape index (κ1) is 19.2. The minimum Gasteiger partial charge on any atom is -0.308 e. The molecule has 0 aromatic heterocycles. The average Bonchev–Trinajstić information content (AvgIpc) is 2.49. The molecule has 2 nitrogen and oxygen atoms in total. The molecule has 1 aromatic rings. The summed E-state index contributed by atoms with van der Waals surface area (Å²) in [6.45, 7) is 9.49. The van der Waals surface area contributed by atoms with E-state index >= 15 is 0 Å². The molecule has 0 bridgehead atoms.